The summed E-state index contributed by atoms with van der Waals surface area (Å²) in [5, 5.41) is 14.2. The normalized spacial score (nSPS) is 10.6. The van der Waals surface area contributed by atoms with Crippen molar-refractivity contribution in [1.82, 2.24) is 0 Å². The highest BCUT2D eigenvalue weighted by atomic mass is 79.9. The zero-order valence-electron chi connectivity index (χ0n) is 11.5. The third-order valence-corrected chi connectivity index (χ3v) is 4.96. The van der Waals surface area contributed by atoms with E-state index in [-0.39, 0.29) is 10.6 Å². The molecule has 2 rings (SSSR count). The topological polar surface area (TPSA) is 55.2 Å². The molecule has 4 nitrogen and oxygen atoms in total. The van der Waals surface area contributed by atoms with Crippen LogP contribution in [0.15, 0.2) is 22.7 Å². The Balaban J connectivity index is 2.17. The fourth-order valence-electron chi connectivity index (χ4n) is 1.92. The summed E-state index contributed by atoms with van der Waals surface area (Å²) in [5.74, 6) is 0. The van der Waals surface area contributed by atoms with Crippen molar-refractivity contribution in [1.29, 1.82) is 0 Å². The second-order valence-corrected chi connectivity index (χ2v) is 6.88. The Bertz CT molecular complexity index is 648. The molecular weight excluding hydrogens is 340 g/mol. The zero-order chi connectivity index (χ0) is 14.9. The highest BCUT2D eigenvalue weighted by Crippen LogP contribution is 2.31. The Kier molecular flexibility index (Phi) is 4.45. The number of nitrogens with zero attached hydrogens (tertiary/aromatic N) is 1. The molecule has 1 heterocycles. The first-order valence-corrected chi connectivity index (χ1v) is 7.73. The third kappa shape index (κ3) is 3.19. The molecule has 1 aromatic heterocycles. The van der Waals surface area contributed by atoms with Crippen LogP contribution in [0.3, 0.4) is 0 Å². The Labute approximate surface area is 130 Å². The van der Waals surface area contributed by atoms with Crippen molar-refractivity contribution < 1.29 is 4.92 Å². The highest BCUT2D eigenvalue weighted by Gasteiger charge is 2.14. The molecule has 0 unspecified atom stereocenters. The number of rotatable bonds is 4. The zero-order valence-corrected chi connectivity index (χ0v) is 13.9. The van der Waals surface area contributed by atoms with E-state index in [1.165, 1.54) is 15.3 Å². The molecular formula is C14H15BrN2O2S. The average molecular weight is 355 g/mol. The van der Waals surface area contributed by atoms with Gasteiger partial charge in [0.05, 0.1) is 4.92 Å². The predicted molar refractivity (Wildman–Crippen MR) is 86.7 cm³/mol. The number of anilines is 1. The molecule has 6 heteroatoms. The molecule has 0 aliphatic heterocycles. The van der Waals surface area contributed by atoms with Crippen LogP contribution in [0.5, 0.6) is 0 Å². The second-order valence-electron chi connectivity index (χ2n) is 4.68. The van der Waals surface area contributed by atoms with E-state index < -0.39 is 0 Å². The van der Waals surface area contributed by atoms with Crippen molar-refractivity contribution in [3.8, 4) is 0 Å². The number of hydrogen-bond donors (Lipinski definition) is 1. The second kappa shape index (κ2) is 5.93. The lowest BCUT2D eigenvalue weighted by molar-refractivity contribution is -0.385. The van der Waals surface area contributed by atoms with Crippen LogP contribution in [0, 0.1) is 30.9 Å². The first kappa shape index (κ1) is 15.0. The van der Waals surface area contributed by atoms with Gasteiger partial charge in [-0.05, 0) is 54.4 Å². The van der Waals surface area contributed by atoms with E-state index >= 15 is 0 Å². The molecule has 0 saturated carbocycles. The summed E-state index contributed by atoms with van der Waals surface area (Å²) < 4.78 is 0.708. The molecule has 0 atom stereocenters. The van der Waals surface area contributed by atoms with E-state index in [4.69, 9.17) is 0 Å². The molecule has 0 aliphatic rings. The summed E-state index contributed by atoms with van der Waals surface area (Å²) in [6.07, 6.45) is 0. The van der Waals surface area contributed by atoms with Gasteiger partial charge in [0.25, 0.3) is 5.69 Å². The summed E-state index contributed by atoms with van der Waals surface area (Å²) in [4.78, 5) is 13.1. The first-order chi connectivity index (χ1) is 9.38. The van der Waals surface area contributed by atoms with E-state index in [0.717, 1.165) is 12.2 Å². The fourth-order valence-corrected chi connectivity index (χ4v) is 3.39. The maximum atomic E-state index is 10.9. The third-order valence-electron chi connectivity index (χ3n) is 3.15. The fraction of sp³-hybridized carbons (Fsp3) is 0.286. The van der Waals surface area contributed by atoms with E-state index in [0.29, 0.717) is 10.0 Å². The Morgan fingerprint density at radius 2 is 1.95 bits per heavy atom. The maximum absolute atomic E-state index is 10.9. The lowest BCUT2D eigenvalue weighted by Crippen LogP contribution is -2.00. The lowest BCUT2D eigenvalue weighted by atomic mass is 10.2. The average Bonchev–Trinajstić information content (AvgIpc) is 2.69. The number of hydrogen-bond acceptors (Lipinski definition) is 4. The number of benzene rings is 1. The van der Waals surface area contributed by atoms with Crippen molar-refractivity contribution in [2.45, 2.75) is 27.3 Å². The quantitative estimate of drug-likeness (QED) is 0.623. The van der Waals surface area contributed by atoms with Gasteiger partial charge >= 0.3 is 0 Å². The van der Waals surface area contributed by atoms with E-state index in [1.807, 2.05) is 0 Å². The Hall–Kier alpha value is -1.40. The predicted octanol–water partition coefficient (Wildman–Crippen LogP) is 4.96. The van der Waals surface area contributed by atoms with E-state index in [2.05, 4.69) is 41.2 Å². The molecule has 0 aliphatic carbocycles. The monoisotopic (exact) mass is 354 g/mol. The van der Waals surface area contributed by atoms with Crippen LogP contribution in [-0.2, 0) is 6.54 Å². The van der Waals surface area contributed by atoms with Crippen LogP contribution in [0.2, 0.25) is 0 Å². The Morgan fingerprint density at radius 1 is 1.25 bits per heavy atom. The highest BCUT2D eigenvalue weighted by molar-refractivity contribution is 9.10. The van der Waals surface area contributed by atoms with Gasteiger partial charge < -0.3 is 5.32 Å². The molecule has 0 fully saturated rings. The van der Waals surface area contributed by atoms with Crippen LogP contribution in [0.4, 0.5) is 11.4 Å². The molecule has 0 radical (unpaired) electrons. The van der Waals surface area contributed by atoms with Gasteiger partial charge in [-0.2, -0.15) is 0 Å². The number of thiophene rings is 1. The summed E-state index contributed by atoms with van der Waals surface area (Å²) in [5.41, 5.74) is 2.95. The smallest absolute Gasteiger partial charge is 0.273 e. The summed E-state index contributed by atoms with van der Waals surface area (Å²) in [7, 11) is 0. The van der Waals surface area contributed by atoms with Crippen LogP contribution in [0.25, 0.3) is 0 Å². The standard InChI is InChI=1S/C14H15BrN2O2S/c1-8-4-11(20-10(8)3)7-16-13-5-9(2)14(17(18)19)6-12(13)15/h4-6,16H,7H2,1-3H3. The van der Waals surface area contributed by atoms with Crippen LogP contribution in [0.1, 0.15) is 20.9 Å². The van der Waals surface area contributed by atoms with Gasteiger partial charge in [0.15, 0.2) is 0 Å². The van der Waals surface area contributed by atoms with Gasteiger partial charge in [0.1, 0.15) is 0 Å². The van der Waals surface area contributed by atoms with Crippen LogP contribution < -0.4 is 5.32 Å². The van der Waals surface area contributed by atoms with Crippen molar-refractivity contribution >= 4 is 38.6 Å². The largest absolute Gasteiger partial charge is 0.379 e. The maximum Gasteiger partial charge on any atom is 0.273 e. The number of halogens is 1. The molecule has 20 heavy (non-hydrogen) atoms. The van der Waals surface area contributed by atoms with Gasteiger partial charge in [0.2, 0.25) is 0 Å². The molecule has 0 spiro atoms. The van der Waals surface area contributed by atoms with Crippen molar-refractivity contribution in [3.05, 3.63) is 53.7 Å². The van der Waals surface area contributed by atoms with E-state index in [1.54, 1.807) is 30.4 Å². The van der Waals surface area contributed by atoms with Gasteiger partial charge in [-0.15, -0.1) is 11.3 Å². The number of nitrogens with one attached hydrogen (secondary N) is 1. The van der Waals surface area contributed by atoms with Crippen molar-refractivity contribution in [2.24, 2.45) is 0 Å². The SMILES string of the molecule is Cc1cc(NCc2cc(C)c(C)s2)c(Br)cc1[N+](=O)[O-]. The number of aryl methyl sites for hydroxylation is 3. The van der Waals surface area contributed by atoms with Crippen LogP contribution in [-0.4, -0.2) is 4.92 Å². The number of nitro benzene ring substituents is 1. The van der Waals surface area contributed by atoms with Gasteiger partial charge in [-0.25, -0.2) is 0 Å². The molecule has 0 bridgehead atoms. The minimum atomic E-state index is -0.365. The molecule has 1 N–H and O–H groups in total. The molecule has 0 saturated heterocycles. The summed E-state index contributed by atoms with van der Waals surface area (Å²) in [6.45, 7) is 6.67. The van der Waals surface area contributed by atoms with Gasteiger partial charge in [-0.1, -0.05) is 0 Å². The first-order valence-electron chi connectivity index (χ1n) is 6.13. The van der Waals surface area contributed by atoms with Gasteiger partial charge in [-0.3, -0.25) is 10.1 Å². The minimum absolute atomic E-state index is 0.130. The van der Waals surface area contributed by atoms with E-state index in [9.17, 15) is 10.1 Å². The molecule has 106 valence electrons. The molecule has 0 amide bonds. The van der Waals surface area contributed by atoms with Crippen molar-refractivity contribution in [2.75, 3.05) is 5.32 Å². The van der Waals surface area contributed by atoms with Crippen LogP contribution >= 0.6 is 27.3 Å². The molecule has 1 aromatic carbocycles. The molecule has 2 aromatic rings. The number of nitro groups is 1. The van der Waals surface area contributed by atoms with Crippen molar-refractivity contribution in [3.63, 3.8) is 0 Å². The Morgan fingerprint density at radius 3 is 2.50 bits per heavy atom. The minimum Gasteiger partial charge on any atom is -0.379 e. The van der Waals surface area contributed by atoms with Gasteiger partial charge in [0, 0.05) is 38.1 Å². The summed E-state index contributed by atoms with van der Waals surface area (Å²) >= 11 is 5.14. The summed E-state index contributed by atoms with van der Waals surface area (Å²) in [6, 6.07) is 5.51. The lowest BCUT2D eigenvalue weighted by Gasteiger charge is -2.09.